The molecule has 0 bridgehead atoms. The van der Waals surface area contributed by atoms with Gasteiger partial charge in [0.1, 0.15) is 0 Å². The Morgan fingerprint density at radius 3 is 2.53 bits per heavy atom. The number of thioether (sulfide) groups is 1. The van der Waals surface area contributed by atoms with Crippen LogP contribution in [0, 0.1) is 5.92 Å². The lowest BCUT2D eigenvalue weighted by atomic mass is 9.96. The van der Waals surface area contributed by atoms with Crippen LogP contribution < -0.4 is 5.73 Å². The molecule has 1 saturated carbocycles. The van der Waals surface area contributed by atoms with Crippen LogP contribution in [0.5, 0.6) is 0 Å². The Hall–Kier alpha value is 0.100. The Kier molecular flexibility index (Phi) is 5.26. The molecule has 15 heavy (non-hydrogen) atoms. The predicted octanol–water partition coefficient (Wildman–Crippen LogP) is 3.54. The molecule has 5 heteroatoms. The van der Waals surface area contributed by atoms with Crippen molar-refractivity contribution in [1.29, 1.82) is 0 Å². The molecule has 0 aromatic carbocycles. The molecule has 0 aromatic heterocycles. The van der Waals surface area contributed by atoms with Crippen molar-refractivity contribution in [3.8, 4) is 0 Å². The first-order chi connectivity index (χ1) is 6.97. The van der Waals surface area contributed by atoms with Gasteiger partial charge in [0.2, 0.25) is 0 Å². The van der Waals surface area contributed by atoms with Gasteiger partial charge in [0.25, 0.3) is 0 Å². The fourth-order valence-electron chi connectivity index (χ4n) is 2.11. The van der Waals surface area contributed by atoms with E-state index in [2.05, 4.69) is 0 Å². The van der Waals surface area contributed by atoms with Gasteiger partial charge in [-0.15, -0.1) is 0 Å². The lowest BCUT2D eigenvalue weighted by Gasteiger charge is -2.16. The van der Waals surface area contributed by atoms with Gasteiger partial charge in [-0.3, -0.25) is 0 Å². The van der Waals surface area contributed by atoms with E-state index in [1.807, 2.05) is 0 Å². The van der Waals surface area contributed by atoms with Crippen molar-refractivity contribution in [3.63, 3.8) is 0 Å². The summed E-state index contributed by atoms with van der Waals surface area (Å²) < 4.78 is 35.7. The van der Waals surface area contributed by atoms with Crippen LogP contribution in [0.3, 0.4) is 0 Å². The summed E-state index contributed by atoms with van der Waals surface area (Å²) in [6, 6.07) is 0.202. The zero-order chi connectivity index (χ0) is 11.3. The molecule has 1 rings (SSSR count). The van der Waals surface area contributed by atoms with Crippen LogP contribution >= 0.6 is 11.8 Å². The third-order valence-corrected chi connectivity index (χ3v) is 3.63. The van der Waals surface area contributed by atoms with Gasteiger partial charge < -0.3 is 5.73 Å². The SMILES string of the molecule is NC1CCCCC(CCSC(F)(F)F)C1. The molecule has 1 fully saturated rings. The molecule has 1 aliphatic rings. The Bertz CT molecular complexity index is 184. The van der Waals surface area contributed by atoms with Crippen molar-refractivity contribution in [2.75, 3.05) is 5.75 Å². The highest BCUT2D eigenvalue weighted by Crippen LogP contribution is 2.33. The van der Waals surface area contributed by atoms with E-state index in [0.717, 1.165) is 32.1 Å². The molecular formula is C10H18F3NS. The molecule has 90 valence electrons. The van der Waals surface area contributed by atoms with Gasteiger partial charge in [-0.1, -0.05) is 31.0 Å². The number of rotatable bonds is 3. The minimum atomic E-state index is -4.08. The topological polar surface area (TPSA) is 26.0 Å². The Morgan fingerprint density at radius 2 is 1.87 bits per heavy atom. The quantitative estimate of drug-likeness (QED) is 0.765. The lowest BCUT2D eigenvalue weighted by Crippen LogP contribution is -2.21. The van der Waals surface area contributed by atoms with Crippen molar-refractivity contribution in [2.45, 2.75) is 50.1 Å². The minimum absolute atomic E-state index is 0.0944. The zero-order valence-electron chi connectivity index (χ0n) is 8.72. The third kappa shape index (κ3) is 6.30. The van der Waals surface area contributed by atoms with Crippen molar-refractivity contribution in [3.05, 3.63) is 0 Å². The summed E-state index contributed by atoms with van der Waals surface area (Å²) in [5.41, 5.74) is 1.78. The van der Waals surface area contributed by atoms with E-state index < -0.39 is 5.51 Å². The van der Waals surface area contributed by atoms with Crippen LogP contribution in [0.1, 0.15) is 38.5 Å². The summed E-state index contributed by atoms with van der Waals surface area (Å²) in [6.45, 7) is 0. The van der Waals surface area contributed by atoms with E-state index in [1.54, 1.807) is 0 Å². The second kappa shape index (κ2) is 5.99. The summed E-state index contributed by atoms with van der Waals surface area (Å²) in [5, 5.41) is 0. The summed E-state index contributed by atoms with van der Waals surface area (Å²) in [5.74, 6) is 0.582. The minimum Gasteiger partial charge on any atom is -0.328 e. The van der Waals surface area contributed by atoms with E-state index >= 15 is 0 Å². The lowest BCUT2D eigenvalue weighted by molar-refractivity contribution is -0.0328. The second-order valence-corrected chi connectivity index (χ2v) is 5.39. The van der Waals surface area contributed by atoms with E-state index in [0.29, 0.717) is 12.3 Å². The van der Waals surface area contributed by atoms with Crippen LogP contribution in [-0.2, 0) is 0 Å². The maximum absolute atomic E-state index is 11.9. The summed E-state index contributed by atoms with van der Waals surface area (Å²) >= 11 is 0.0944. The summed E-state index contributed by atoms with van der Waals surface area (Å²) in [6.07, 6.45) is 5.88. The Balaban J connectivity index is 2.19. The fourth-order valence-corrected chi connectivity index (χ4v) is 2.79. The molecule has 0 saturated heterocycles. The molecule has 0 spiro atoms. The number of halogens is 3. The van der Waals surface area contributed by atoms with Crippen LogP contribution in [-0.4, -0.2) is 17.3 Å². The van der Waals surface area contributed by atoms with Crippen molar-refractivity contribution < 1.29 is 13.2 Å². The first kappa shape index (κ1) is 13.2. The van der Waals surface area contributed by atoms with Gasteiger partial charge in [0.05, 0.1) is 0 Å². The number of alkyl halides is 3. The molecule has 0 aliphatic heterocycles. The average Bonchev–Trinajstić information content (AvgIpc) is 2.27. The van der Waals surface area contributed by atoms with Crippen LogP contribution in [0.25, 0.3) is 0 Å². The molecule has 0 aromatic rings. The average molecular weight is 241 g/mol. The summed E-state index contributed by atoms with van der Waals surface area (Å²) in [4.78, 5) is 0. The van der Waals surface area contributed by atoms with Gasteiger partial charge in [-0.2, -0.15) is 13.2 Å². The fraction of sp³-hybridized carbons (Fsp3) is 1.00. The van der Waals surface area contributed by atoms with Crippen LogP contribution in [0.15, 0.2) is 0 Å². The van der Waals surface area contributed by atoms with E-state index in [9.17, 15) is 13.2 Å². The third-order valence-electron chi connectivity index (χ3n) is 2.87. The number of hydrogen-bond donors (Lipinski definition) is 1. The summed E-state index contributed by atoms with van der Waals surface area (Å²) in [7, 11) is 0. The molecule has 2 N–H and O–H groups in total. The molecular weight excluding hydrogens is 223 g/mol. The van der Waals surface area contributed by atoms with Crippen LogP contribution in [0.2, 0.25) is 0 Å². The first-order valence-corrected chi connectivity index (χ1v) is 6.42. The maximum Gasteiger partial charge on any atom is 0.441 e. The van der Waals surface area contributed by atoms with Gasteiger partial charge in [0, 0.05) is 11.8 Å². The molecule has 2 unspecified atom stereocenters. The number of nitrogens with two attached hydrogens (primary N) is 1. The maximum atomic E-state index is 11.9. The molecule has 1 nitrogen and oxygen atoms in total. The van der Waals surface area contributed by atoms with Gasteiger partial charge in [-0.25, -0.2) is 0 Å². The molecule has 0 amide bonds. The molecule has 1 aliphatic carbocycles. The highest BCUT2D eigenvalue weighted by Gasteiger charge is 2.28. The largest absolute Gasteiger partial charge is 0.441 e. The monoisotopic (exact) mass is 241 g/mol. The predicted molar refractivity (Wildman–Crippen MR) is 57.7 cm³/mol. The zero-order valence-corrected chi connectivity index (χ0v) is 9.54. The molecule has 0 heterocycles. The van der Waals surface area contributed by atoms with E-state index in [-0.39, 0.29) is 23.6 Å². The molecule has 0 radical (unpaired) electrons. The van der Waals surface area contributed by atoms with Crippen LogP contribution in [0.4, 0.5) is 13.2 Å². The van der Waals surface area contributed by atoms with Crippen molar-refractivity contribution >= 4 is 11.8 Å². The Morgan fingerprint density at radius 1 is 1.20 bits per heavy atom. The van der Waals surface area contributed by atoms with Crippen molar-refractivity contribution in [2.24, 2.45) is 11.7 Å². The first-order valence-electron chi connectivity index (χ1n) is 5.43. The van der Waals surface area contributed by atoms with Gasteiger partial charge in [0.15, 0.2) is 0 Å². The normalized spacial score (nSPS) is 28.8. The highest BCUT2D eigenvalue weighted by molar-refractivity contribution is 8.00. The highest BCUT2D eigenvalue weighted by atomic mass is 32.2. The Labute approximate surface area is 93.0 Å². The molecule has 2 atom stereocenters. The van der Waals surface area contributed by atoms with Gasteiger partial charge in [-0.05, 0) is 25.2 Å². The second-order valence-electron chi connectivity index (χ2n) is 4.23. The number of hydrogen-bond acceptors (Lipinski definition) is 2. The van der Waals surface area contributed by atoms with Crippen molar-refractivity contribution in [1.82, 2.24) is 0 Å². The van der Waals surface area contributed by atoms with E-state index in [1.165, 1.54) is 0 Å². The van der Waals surface area contributed by atoms with E-state index in [4.69, 9.17) is 5.73 Å². The van der Waals surface area contributed by atoms with Gasteiger partial charge >= 0.3 is 5.51 Å². The smallest absolute Gasteiger partial charge is 0.328 e. The standard InChI is InChI=1S/C10H18F3NS/c11-10(12,13)15-6-5-8-3-1-2-4-9(14)7-8/h8-9H,1-7,14H2.